The number of fused-ring (bicyclic) bond motifs is 1. The molecule has 0 amide bonds. The Morgan fingerprint density at radius 3 is 2.75 bits per heavy atom. The second kappa shape index (κ2) is 7.26. The molecule has 0 atom stereocenters. The number of aldehydes is 1. The summed E-state index contributed by atoms with van der Waals surface area (Å²) in [5, 5.41) is 0. The van der Waals surface area contributed by atoms with E-state index in [0.717, 1.165) is 58.8 Å². The highest BCUT2D eigenvalue weighted by Crippen LogP contribution is 2.32. The Balaban J connectivity index is 1.76. The van der Waals surface area contributed by atoms with Crippen LogP contribution in [0.1, 0.15) is 32.3 Å². The highest BCUT2D eigenvalue weighted by atomic mass is 16.5. The molecule has 146 valence electrons. The maximum absolute atomic E-state index is 11.3. The van der Waals surface area contributed by atoms with E-state index >= 15 is 0 Å². The molecule has 1 saturated heterocycles. The molecule has 1 aliphatic heterocycles. The van der Waals surface area contributed by atoms with Gasteiger partial charge in [0, 0.05) is 42.0 Å². The molecular formula is C22H26N4O2. The minimum Gasteiger partial charge on any atom is -0.497 e. The molecule has 1 aromatic carbocycles. The van der Waals surface area contributed by atoms with Crippen LogP contribution in [-0.2, 0) is 11.2 Å². The van der Waals surface area contributed by atoms with Crippen LogP contribution in [0.3, 0.4) is 0 Å². The third-order valence-electron chi connectivity index (χ3n) is 5.32. The lowest BCUT2D eigenvalue weighted by Crippen LogP contribution is -2.17. The molecule has 0 aliphatic carbocycles. The van der Waals surface area contributed by atoms with Gasteiger partial charge in [-0.3, -0.25) is 0 Å². The monoisotopic (exact) mass is 378 g/mol. The Hall–Kier alpha value is -2.89. The van der Waals surface area contributed by atoms with Gasteiger partial charge in [0.2, 0.25) is 0 Å². The molecule has 3 heterocycles. The van der Waals surface area contributed by atoms with Gasteiger partial charge in [-0.1, -0.05) is 13.8 Å². The van der Waals surface area contributed by atoms with Crippen molar-refractivity contribution < 1.29 is 9.53 Å². The lowest BCUT2D eigenvalue weighted by molar-refractivity contribution is -0.114. The number of carbonyl (C=O) groups excluding carboxylic acids is 1. The highest BCUT2D eigenvalue weighted by molar-refractivity contribution is 5.79. The van der Waals surface area contributed by atoms with Crippen molar-refractivity contribution >= 4 is 23.1 Å². The van der Waals surface area contributed by atoms with Gasteiger partial charge < -0.3 is 19.4 Å². The van der Waals surface area contributed by atoms with Gasteiger partial charge >= 0.3 is 0 Å². The quantitative estimate of drug-likeness (QED) is 0.657. The molecule has 0 bridgehead atoms. The van der Waals surface area contributed by atoms with Gasteiger partial charge in [0.25, 0.3) is 0 Å². The number of aromatic amines is 1. The van der Waals surface area contributed by atoms with Crippen molar-refractivity contribution in [3.8, 4) is 17.0 Å². The Morgan fingerprint density at radius 1 is 1.25 bits per heavy atom. The van der Waals surface area contributed by atoms with Gasteiger partial charge in [-0.25, -0.2) is 9.97 Å². The Morgan fingerprint density at radius 2 is 2.04 bits per heavy atom. The number of benzene rings is 1. The molecule has 0 unspecified atom stereocenters. The molecule has 28 heavy (non-hydrogen) atoms. The molecular weight excluding hydrogens is 352 g/mol. The van der Waals surface area contributed by atoms with Gasteiger partial charge in [0.15, 0.2) is 5.65 Å². The van der Waals surface area contributed by atoms with Crippen molar-refractivity contribution in [2.75, 3.05) is 25.1 Å². The van der Waals surface area contributed by atoms with Crippen LogP contribution in [0, 0.1) is 5.41 Å². The molecule has 4 rings (SSSR count). The van der Waals surface area contributed by atoms with Crippen molar-refractivity contribution in [2.45, 2.75) is 33.1 Å². The molecule has 0 radical (unpaired) electrons. The zero-order valence-corrected chi connectivity index (χ0v) is 16.7. The summed E-state index contributed by atoms with van der Waals surface area (Å²) in [6.07, 6.45) is 7.74. The molecule has 1 fully saturated rings. The predicted octanol–water partition coefficient (Wildman–Crippen LogP) is 4.00. The molecule has 6 nitrogen and oxygen atoms in total. The number of H-pyrrole nitrogens is 1. The maximum Gasteiger partial charge on any atom is 0.156 e. The second-order valence-corrected chi connectivity index (χ2v) is 8.16. The van der Waals surface area contributed by atoms with E-state index in [4.69, 9.17) is 9.72 Å². The van der Waals surface area contributed by atoms with E-state index in [9.17, 15) is 4.79 Å². The summed E-state index contributed by atoms with van der Waals surface area (Å²) in [6, 6.07) is 6.23. The topological polar surface area (TPSA) is 71.1 Å². The average Bonchev–Trinajstić information content (AvgIpc) is 3.37. The second-order valence-electron chi connectivity index (χ2n) is 8.16. The summed E-state index contributed by atoms with van der Waals surface area (Å²) in [4.78, 5) is 26.3. The summed E-state index contributed by atoms with van der Waals surface area (Å²) in [5.74, 6) is 0.817. The van der Waals surface area contributed by atoms with Crippen molar-refractivity contribution in [2.24, 2.45) is 5.41 Å². The molecule has 6 heteroatoms. The molecule has 1 N–H and O–H groups in total. The van der Waals surface area contributed by atoms with Crippen LogP contribution in [0.15, 0.2) is 30.6 Å². The summed E-state index contributed by atoms with van der Waals surface area (Å²) in [5.41, 5.74) is 5.07. The van der Waals surface area contributed by atoms with Crippen LogP contribution < -0.4 is 9.64 Å². The van der Waals surface area contributed by atoms with E-state index in [1.54, 1.807) is 13.3 Å². The van der Waals surface area contributed by atoms with Crippen molar-refractivity contribution in [3.63, 3.8) is 0 Å². The highest BCUT2D eigenvalue weighted by Gasteiger charge is 2.21. The van der Waals surface area contributed by atoms with Gasteiger partial charge in [-0.15, -0.1) is 0 Å². The lowest BCUT2D eigenvalue weighted by atomic mass is 9.88. The van der Waals surface area contributed by atoms with Gasteiger partial charge in [-0.2, -0.15) is 0 Å². The summed E-state index contributed by atoms with van der Waals surface area (Å²) < 4.78 is 5.53. The van der Waals surface area contributed by atoms with E-state index in [0.29, 0.717) is 6.42 Å². The lowest BCUT2D eigenvalue weighted by Gasteiger charge is -2.19. The first kappa shape index (κ1) is 18.5. The smallest absolute Gasteiger partial charge is 0.156 e. The van der Waals surface area contributed by atoms with Crippen LogP contribution in [-0.4, -0.2) is 41.4 Å². The molecule has 1 aliphatic rings. The summed E-state index contributed by atoms with van der Waals surface area (Å²) >= 11 is 0. The van der Waals surface area contributed by atoms with Gasteiger partial charge in [-0.05, 0) is 37.0 Å². The Kier molecular flexibility index (Phi) is 4.79. The number of methoxy groups -OCH3 is 1. The standard InChI is InChI=1S/C22H26N4O2/c1-22(2,14-27)11-16-12-23-21-20(16)25-19(13-24-21)15-8-17(10-18(9-15)28-3)26-6-4-5-7-26/h8-10,12-14H,4-7,11H2,1-3H3,(H,23,24). The first-order chi connectivity index (χ1) is 13.5. The largest absolute Gasteiger partial charge is 0.497 e. The minimum absolute atomic E-state index is 0.439. The SMILES string of the molecule is COc1cc(-c2cnc3[nH]cc(CC(C)(C)C=O)c3n2)cc(N2CCCC2)c1. The third kappa shape index (κ3) is 3.59. The number of rotatable bonds is 6. The fourth-order valence-electron chi connectivity index (χ4n) is 3.76. The van der Waals surface area contributed by atoms with Crippen LogP contribution in [0.4, 0.5) is 5.69 Å². The summed E-state index contributed by atoms with van der Waals surface area (Å²) in [6.45, 7) is 6.00. The van der Waals surface area contributed by atoms with Gasteiger partial charge in [0.05, 0.1) is 19.0 Å². The number of aromatic nitrogens is 3. The maximum atomic E-state index is 11.3. The zero-order chi connectivity index (χ0) is 19.7. The molecule has 2 aromatic heterocycles. The van der Waals surface area contributed by atoms with E-state index in [1.807, 2.05) is 26.1 Å². The third-order valence-corrected chi connectivity index (χ3v) is 5.32. The summed E-state index contributed by atoms with van der Waals surface area (Å²) in [7, 11) is 1.69. The van der Waals surface area contributed by atoms with E-state index in [1.165, 1.54) is 12.8 Å². The number of hydrogen-bond acceptors (Lipinski definition) is 5. The number of nitrogens with zero attached hydrogens (tertiary/aromatic N) is 3. The normalized spacial score (nSPS) is 14.6. The minimum atomic E-state index is -0.439. The van der Waals surface area contributed by atoms with E-state index in [-0.39, 0.29) is 0 Å². The number of carbonyl (C=O) groups is 1. The Bertz CT molecular complexity index is 1000. The predicted molar refractivity (Wildman–Crippen MR) is 111 cm³/mol. The first-order valence-electron chi connectivity index (χ1n) is 9.73. The van der Waals surface area contributed by atoms with E-state index < -0.39 is 5.41 Å². The van der Waals surface area contributed by atoms with Crippen LogP contribution in [0.5, 0.6) is 5.75 Å². The van der Waals surface area contributed by atoms with Crippen LogP contribution >= 0.6 is 0 Å². The molecule has 3 aromatic rings. The average molecular weight is 378 g/mol. The first-order valence-corrected chi connectivity index (χ1v) is 9.73. The Labute approximate surface area is 164 Å². The zero-order valence-electron chi connectivity index (χ0n) is 16.7. The number of hydrogen-bond donors (Lipinski definition) is 1. The van der Waals surface area contributed by atoms with Crippen molar-refractivity contribution in [1.29, 1.82) is 0 Å². The fourth-order valence-corrected chi connectivity index (χ4v) is 3.76. The fraction of sp³-hybridized carbons (Fsp3) is 0.409. The van der Waals surface area contributed by atoms with Gasteiger partial charge in [0.1, 0.15) is 17.6 Å². The number of anilines is 1. The number of ether oxygens (including phenoxy) is 1. The molecule has 0 saturated carbocycles. The van der Waals surface area contributed by atoms with Crippen LogP contribution in [0.25, 0.3) is 22.4 Å². The van der Waals surface area contributed by atoms with Crippen molar-refractivity contribution in [3.05, 3.63) is 36.2 Å². The molecule has 0 spiro atoms. The van der Waals surface area contributed by atoms with E-state index in [2.05, 4.69) is 27.0 Å². The van der Waals surface area contributed by atoms with Crippen molar-refractivity contribution in [1.82, 2.24) is 15.0 Å². The number of nitrogens with one attached hydrogen (secondary N) is 1. The van der Waals surface area contributed by atoms with Crippen LogP contribution in [0.2, 0.25) is 0 Å².